The quantitative estimate of drug-likeness (QED) is 0.746. The summed E-state index contributed by atoms with van der Waals surface area (Å²) >= 11 is 0. The molecule has 2 rings (SSSR count). The Bertz CT molecular complexity index is 533. The second-order valence-electron chi connectivity index (χ2n) is 6.01. The van der Waals surface area contributed by atoms with Crippen LogP contribution in [0.15, 0.2) is 0 Å². The monoisotopic (exact) mass is 318 g/mol. The van der Waals surface area contributed by atoms with Gasteiger partial charge in [0.15, 0.2) is 9.84 Å². The molecule has 2 fully saturated rings. The van der Waals surface area contributed by atoms with Crippen LogP contribution in [0.2, 0.25) is 0 Å². The van der Waals surface area contributed by atoms with E-state index in [1.807, 2.05) is 11.8 Å². The fourth-order valence-corrected chi connectivity index (χ4v) is 4.90. The van der Waals surface area contributed by atoms with Crippen molar-refractivity contribution in [2.24, 2.45) is 5.92 Å². The second-order valence-corrected chi connectivity index (χ2v) is 8.23. The standard InChI is InChI=1S/C13H22N2O5S/c1-9-11(13(17)18)3-5-15(9)7-12(16)14(2)10-4-6-21(19,20)8-10/h9-11H,3-8H2,1-2H3,(H,17,18). The number of aliphatic carboxylic acids is 1. The number of hydrogen-bond acceptors (Lipinski definition) is 5. The molecule has 3 atom stereocenters. The number of likely N-dealkylation sites (tertiary alicyclic amines) is 1. The summed E-state index contributed by atoms with van der Waals surface area (Å²) in [5.74, 6) is -1.24. The van der Waals surface area contributed by atoms with E-state index in [0.29, 0.717) is 19.4 Å². The topological polar surface area (TPSA) is 95.0 Å². The summed E-state index contributed by atoms with van der Waals surface area (Å²) in [6.07, 6.45) is 1.03. The number of nitrogens with zero attached hydrogens (tertiary/aromatic N) is 2. The molecule has 1 amide bonds. The number of carboxylic acid groups (broad SMARTS) is 1. The first kappa shape index (κ1) is 16.2. The van der Waals surface area contributed by atoms with Gasteiger partial charge < -0.3 is 10.0 Å². The van der Waals surface area contributed by atoms with Crippen LogP contribution in [0.5, 0.6) is 0 Å². The first-order chi connectivity index (χ1) is 9.71. The predicted octanol–water partition coefficient (Wildman–Crippen LogP) is -0.573. The SMILES string of the molecule is CC1C(C(=O)O)CCN1CC(=O)N(C)C1CCS(=O)(=O)C1. The molecule has 0 aliphatic carbocycles. The molecule has 1 N–H and O–H groups in total. The van der Waals surface area contributed by atoms with Gasteiger partial charge in [-0.25, -0.2) is 8.42 Å². The lowest BCUT2D eigenvalue weighted by molar-refractivity contribution is -0.143. The molecule has 2 aliphatic heterocycles. The minimum absolute atomic E-state index is 0.0303. The molecule has 2 heterocycles. The summed E-state index contributed by atoms with van der Waals surface area (Å²) in [5, 5.41) is 9.09. The zero-order valence-electron chi connectivity index (χ0n) is 12.4. The average molecular weight is 318 g/mol. The summed E-state index contributed by atoms with van der Waals surface area (Å²) in [7, 11) is -1.39. The number of sulfone groups is 1. The molecule has 8 heteroatoms. The Kier molecular flexibility index (Phi) is 4.57. The third kappa shape index (κ3) is 3.55. The predicted molar refractivity (Wildman–Crippen MR) is 76.6 cm³/mol. The molecule has 0 aromatic heterocycles. The van der Waals surface area contributed by atoms with E-state index in [-0.39, 0.29) is 36.0 Å². The molecular formula is C13H22N2O5S. The van der Waals surface area contributed by atoms with Crippen LogP contribution in [0.3, 0.4) is 0 Å². The second kappa shape index (κ2) is 5.92. The summed E-state index contributed by atoms with van der Waals surface area (Å²) in [6, 6.07) is -0.428. The van der Waals surface area contributed by atoms with E-state index in [1.54, 1.807) is 7.05 Å². The van der Waals surface area contributed by atoms with E-state index in [1.165, 1.54) is 4.90 Å². The van der Waals surface area contributed by atoms with Gasteiger partial charge in [0.05, 0.1) is 24.0 Å². The minimum Gasteiger partial charge on any atom is -0.481 e. The molecule has 0 bridgehead atoms. The van der Waals surface area contributed by atoms with Crippen molar-refractivity contribution in [1.29, 1.82) is 0 Å². The van der Waals surface area contributed by atoms with Gasteiger partial charge in [0.1, 0.15) is 0 Å². The Hall–Kier alpha value is -1.15. The molecule has 7 nitrogen and oxygen atoms in total. The van der Waals surface area contributed by atoms with Crippen LogP contribution in [0.4, 0.5) is 0 Å². The molecule has 0 aromatic rings. The third-order valence-electron chi connectivity index (χ3n) is 4.69. The van der Waals surface area contributed by atoms with Crippen LogP contribution in [-0.2, 0) is 19.4 Å². The maximum Gasteiger partial charge on any atom is 0.308 e. The number of carbonyl (C=O) groups excluding carboxylic acids is 1. The molecule has 120 valence electrons. The van der Waals surface area contributed by atoms with E-state index in [9.17, 15) is 18.0 Å². The van der Waals surface area contributed by atoms with E-state index >= 15 is 0 Å². The van der Waals surface area contributed by atoms with Crippen molar-refractivity contribution < 1.29 is 23.1 Å². The van der Waals surface area contributed by atoms with Crippen molar-refractivity contribution in [2.75, 3.05) is 31.6 Å². The Labute approximate surface area is 124 Å². The Morgan fingerprint density at radius 2 is 2.00 bits per heavy atom. The summed E-state index contributed by atoms with van der Waals surface area (Å²) in [4.78, 5) is 26.7. The van der Waals surface area contributed by atoms with Gasteiger partial charge in [0.25, 0.3) is 0 Å². The lowest BCUT2D eigenvalue weighted by Crippen LogP contribution is -2.45. The molecule has 2 aliphatic rings. The van der Waals surface area contributed by atoms with Crippen molar-refractivity contribution >= 4 is 21.7 Å². The van der Waals surface area contributed by atoms with E-state index in [2.05, 4.69) is 0 Å². The van der Waals surface area contributed by atoms with Crippen molar-refractivity contribution in [3.8, 4) is 0 Å². The van der Waals surface area contributed by atoms with E-state index < -0.39 is 21.7 Å². The lowest BCUT2D eigenvalue weighted by atomic mass is 10.0. The Morgan fingerprint density at radius 3 is 2.48 bits per heavy atom. The highest BCUT2D eigenvalue weighted by Crippen LogP contribution is 2.24. The van der Waals surface area contributed by atoms with Crippen molar-refractivity contribution in [3.63, 3.8) is 0 Å². The fourth-order valence-electron chi connectivity index (χ4n) is 3.13. The van der Waals surface area contributed by atoms with Crippen LogP contribution in [-0.4, -0.2) is 78.9 Å². The smallest absolute Gasteiger partial charge is 0.308 e. The molecular weight excluding hydrogens is 296 g/mol. The van der Waals surface area contributed by atoms with E-state index in [4.69, 9.17) is 5.11 Å². The number of hydrogen-bond donors (Lipinski definition) is 1. The summed E-state index contributed by atoms with van der Waals surface area (Å²) < 4.78 is 22.9. The summed E-state index contributed by atoms with van der Waals surface area (Å²) in [6.45, 7) is 2.55. The highest BCUT2D eigenvalue weighted by atomic mass is 32.2. The zero-order valence-corrected chi connectivity index (χ0v) is 13.2. The molecule has 0 saturated carbocycles. The number of likely N-dealkylation sites (N-methyl/N-ethyl adjacent to an activating group) is 1. The van der Waals surface area contributed by atoms with Crippen LogP contribution >= 0.6 is 0 Å². The maximum absolute atomic E-state index is 12.3. The van der Waals surface area contributed by atoms with Gasteiger partial charge in [0, 0.05) is 19.1 Å². The van der Waals surface area contributed by atoms with Gasteiger partial charge >= 0.3 is 5.97 Å². The Morgan fingerprint density at radius 1 is 1.33 bits per heavy atom. The molecule has 0 radical (unpaired) electrons. The van der Waals surface area contributed by atoms with Gasteiger partial charge in [-0.1, -0.05) is 0 Å². The molecule has 0 spiro atoms. The lowest BCUT2D eigenvalue weighted by Gasteiger charge is -2.28. The van der Waals surface area contributed by atoms with Crippen molar-refractivity contribution in [1.82, 2.24) is 9.80 Å². The maximum atomic E-state index is 12.3. The van der Waals surface area contributed by atoms with Crippen molar-refractivity contribution in [3.05, 3.63) is 0 Å². The van der Waals surface area contributed by atoms with Crippen LogP contribution in [0.1, 0.15) is 19.8 Å². The third-order valence-corrected chi connectivity index (χ3v) is 6.44. The first-order valence-corrected chi connectivity index (χ1v) is 8.96. The van der Waals surface area contributed by atoms with Gasteiger partial charge in [-0.15, -0.1) is 0 Å². The van der Waals surface area contributed by atoms with Gasteiger partial charge in [0.2, 0.25) is 5.91 Å². The fraction of sp³-hybridized carbons (Fsp3) is 0.846. The van der Waals surface area contributed by atoms with E-state index in [0.717, 1.165) is 0 Å². The zero-order chi connectivity index (χ0) is 15.8. The molecule has 2 saturated heterocycles. The van der Waals surface area contributed by atoms with Crippen LogP contribution in [0, 0.1) is 5.92 Å². The number of amides is 1. The number of carboxylic acids is 1. The molecule has 0 aromatic carbocycles. The van der Waals surface area contributed by atoms with Crippen molar-refractivity contribution in [2.45, 2.75) is 31.8 Å². The normalized spacial score (nSPS) is 32.2. The molecule has 3 unspecified atom stereocenters. The highest BCUT2D eigenvalue weighted by Gasteiger charge is 2.38. The van der Waals surface area contributed by atoms with Crippen LogP contribution in [0.25, 0.3) is 0 Å². The van der Waals surface area contributed by atoms with Gasteiger partial charge in [-0.05, 0) is 26.3 Å². The van der Waals surface area contributed by atoms with Gasteiger partial charge in [-0.3, -0.25) is 14.5 Å². The average Bonchev–Trinajstić information content (AvgIpc) is 2.92. The minimum atomic E-state index is -3.02. The van der Waals surface area contributed by atoms with Gasteiger partial charge in [-0.2, -0.15) is 0 Å². The van der Waals surface area contributed by atoms with Crippen LogP contribution < -0.4 is 0 Å². The Balaban J connectivity index is 1.92. The highest BCUT2D eigenvalue weighted by molar-refractivity contribution is 7.91. The summed E-state index contributed by atoms with van der Waals surface area (Å²) in [5.41, 5.74) is 0. The number of carbonyl (C=O) groups is 2. The largest absolute Gasteiger partial charge is 0.481 e. The number of rotatable bonds is 4. The first-order valence-electron chi connectivity index (χ1n) is 7.14. The molecule has 21 heavy (non-hydrogen) atoms.